The van der Waals surface area contributed by atoms with Gasteiger partial charge in [-0.3, -0.25) is 14.4 Å². The van der Waals surface area contributed by atoms with Gasteiger partial charge in [0, 0.05) is 25.1 Å². The highest BCUT2D eigenvalue weighted by molar-refractivity contribution is 5.99. The minimum atomic E-state index is -1.08. The van der Waals surface area contributed by atoms with Gasteiger partial charge in [-0.05, 0) is 80.9 Å². The second-order valence-corrected chi connectivity index (χ2v) is 11.5. The smallest absolute Gasteiger partial charge is 0.255 e. The van der Waals surface area contributed by atoms with Crippen molar-refractivity contribution in [3.63, 3.8) is 0 Å². The van der Waals surface area contributed by atoms with E-state index in [2.05, 4.69) is 29.2 Å². The number of Topliss-reactive ketones (excluding diaryl/α,β-unsaturated/α-hetero) is 1. The fourth-order valence-electron chi connectivity index (χ4n) is 5.87. The molecule has 0 bridgehead atoms. The number of nitrogens with zero attached hydrogens (tertiary/aromatic N) is 2. The van der Waals surface area contributed by atoms with Crippen LogP contribution in [0.15, 0.2) is 78.9 Å². The SMILES string of the molecule is CON(C)C(=O)C(C)(C)c1ccc(C(=O)C(O)CCN2CCC(C(c3ccccc3)c3ccc(O)cc3)CC2)cc1. The molecule has 0 aromatic heterocycles. The summed E-state index contributed by atoms with van der Waals surface area (Å²) in [5.41, 5.74) is 2.86. The number of rotatable bonds is 11. The van der Waals surface area contributed by atoms with Crippen LogP contribution in [0.4, 0.5) is 0 Å². The van der Waals surface area contributed by atoms with Gasteiger partial charge >= 0.3 is 0 Å². The highest BCUT2D eigenvalue weighted by Gasteiger charge is 2.33. The van der Waals surface area contributed by atoms with Gasteiger partial charge in [0.2, 0.25) is 0 Å². The summed E-state index contributed by atoms with van der Waals surface area (Å²) in [6, 6.07) is 25.0. The van der Waals surface area contributed by atoms with E-state index in [4.69, 9.17) is 4.84 Å². The van der Waals surface area contributed by atoms with Gasteiger partial charge in [-0.15, -0.1) is 0 Å². The molecule has 0 radical (unpaired) electrons. The first-order valence-corrected chi connectivity index (χ1v) is 14.3. The molecule has 2 unspecified atom stereocenters. The van der Waals surface area contributed by atoms with Crippen LogP contribution in [0.25, 0.3) is 0 Å². The highest BCUT2D eigenvalue weighted by Crippen LogP contribution is 2.38. The lowest BCUT2D eigenvalue weighted by molar-refractivity contribution is -0.174. The van der Waals surface area contributed by atoms with Crippen LogP contribution in [0.1, 0.15) is 66.1 Å². The summed E-state index contributed by atoms with van der Waals surface area (Å²) in [7, 11) is 3.01. The van der Waals surface area contributed by atoms with E-state index < -0.39 is 11.5 Å². The Balaban J connectivity index is 1.32. The number of aliphatic hydroxyl groups is 1. The minimum absolute atomic E-state index is 0.193. The number of phenolic OH excluding ortho intramolecular Hbond substituents is 1. The van der Waals surface area contributed by atoms with Gasteiger partial charge in [0.1, 0.15) is 11.9 Å². The number of piperidine rings is 1. The molecule has 0 saturated carbocycles. The first kappa shape index (κ1) is 30.4. The number of hydroxylamine groups is 2. The van der Waals surface area contributed by atoms with Crippen LogP contribution < -0.4 is 0 Å². The molecule has 1 aliphatic rings. The minimum Gasteiger partial charge on any atom is -0.508 e. The summed E-state index contributed by atoms with van der Waals surface area (Å²) in [5, 5.41) is 21.7. The molecular weight excluding hydrogens is 516 g/mol. The predicted octanol–water partition coefficient (Wildman–Crippen LogP) is 5.17. The number of aliphatic hydroxyl groups excluding tert-OH is 1. The summed E-state index contributed by atoms with van der Waals surface area (Å²) < 4.78 is 0. The van der Waals surface area contributed by atoms with Crippen LogP contribution in [0.3, 0.4) is 0 Å². The van der Waals surface area contributed by atoms with Crippen LogP contribution in [0.5, 0.6) is 5.75 Å². The number of carbonyl (C=O) groups is 2. The summed E-state index contributed by atoms with van der Waals surface area (Å²) in [4.78, 5) is 33.0. The summed E-state index contributed by atoms with van der Waals surface area (Å²) >= 11 is 0. The van der Waals surface area contributed by atoms with Crippen molar-refractivity contribution in [3.8, 4) is 5.75 Å². The average Bonchev–Trinajstić information content (AvgIpc) is 3.01. The number of carbonyl (C=O) groups excluding carboxylic acids is 2. The Morgan fingerprint density at radius 1 is 0.951 bits per heavy atom. The number of benzene rings is 3. The highest BCUT2D eigenvalue weighted by atomic mass is 16.7. The number of likely N-dealkylation sites (N-methyl/N-ethyl adjacent to an activating group) is 1. The van der Waals surface area contributed by atoms with Gasteiger partial charge in [0.05, 0.1) is 12.5 Å². The molecule has 0 aliphatic carbocycles. The number of hydrogen-bond donors (Lipinski definition) is 2. The van der Waals surface area contributed by atoms with E-state index in [9.17, 15) is 19.8 Å². The molecule has 218 valence electrons. The Morgan fingerprint density at radius 3 is 2.12 bits per heavy atom. The van der Waals surface area contributed by atoms with E-state index in [1.54, 1.807) is 43.4 Å². The van der Waals surface area contributed by atoms with Gasteiger partial charge in [0.25, 0.3) is 5.91 Å². The molecule has 3 aromatic rings. The second kappa shape index (κ2) is 13.4. The fourth-order valence-corrected chi connectivity index (χ4v) is 5.87. The maximum atomic E-state index is 13.0. The Labute approximate surface area is 243 Å². The summed E-state index contributed by atoms with van der Waals surface area (Å²) in [6.07, 6.45) is 1.31. The molecule has 2 N–H and O–H groups in total. The van der Waals surface area contributed by atoms with Crippen molar-refractivity contribution < 1.29 is 24.6 Å². The molecule has 1 saturated heterocycles. The number of likely N-dealkylation sites (tertiary alicyclic amines) is 1. The van der Waals surface area contributed by atoms with Crippen LogP contribution in [-0.2, 0) is 15.0 Å². The lowest BCUT2D eigenvalue weighted by Crippen LogP contribution is -2.40. The Morgan fingerprint density at radius 2 is 1.54 bits per heavy atom. The first-order valence-electron chi connectivity index (χ1n) is 14.3. The van der Waals surface area contributed by atoms with E-state index in [1.807, 2.05) is 32.0 Å². The number of phenols is 1. The predicted molar refractivity (Wildman–Crippen MR) is 160 cm³/mol. The molecule has 1 aliphatic heterocycles. The Hall–Kier alpha value is -3.52. The lowest BCUT2D eigenvalue weighted by atomic mass is 9.76. The Kier molecular flexibility index (Phi) is 9.97. The third-order valence-electron chi connectivity index (χ3n) is 8.52. The molecule has 3 aromatic carbocycles. The van der Waals surface area contributed by atoms with Crippen LogP contribution >= 0.6 is 0 Å². The number of aromatic hydroxyl groups is 1. The maximum Gasteiger partial charge on any atom is 0.255 e. The maximum absolute atomic E-state index is 13.0. The van der Waals surface area contributed by atoms with Crippen molar-refractivity contribution >= 4 is 11.7 Å². The molecule has 1 fully saturated rings. The molecule has 1 amide bonds. The zero-order valence-electron chi connectivity index (χ0n) is 24.5. The molecule has 0 spiro atoms. The van der Waals surface area contributed by atoms with Crippen molar-refractivity contribution in [3.05, 3.63) is 101 Å². The van der Waals surface area contributed by atoms with Crippen molar-refractivity contribution in [2.45, 2.75) is 50.5 Å². The molecular formula is C34H42N2O5. The zero-order chi connectivity index (χ0) is 29.6. The standard InChI is InChI=1S/C34H42N2O5/c1-34(2,33(40)35(3)41-4)28-14-10-27(11-15-28)32(39)30(38)20-23-36-21-18-26(19-22-36)31(24-8-6-5-7-9-24)25-12-16-29(37)17-13-25/h5-17,26,30-31,37-38H,18-23H2,1-4H3. The molecule has 2 atom stereocenters. The third kappa shape index (κ3) is 7.22. The van der Waals surface area contributed by atoms with Gasteiger partial charge in [-0.2, -0.15) is 0 Å². The second-order valence-electron chi connectivity index (χ2n) is 11.5. The summed E-state index contributed by atoms with van der Waals surface area (Å²) in [6.45, 7) is 6.08. The molecule has 4 rings (SSSR count). The van der Waals surface area contributed by atoms with Crippen molar-refractivity contribution in [1.29, 1.82) is 0 Å². The molecule has 7 heteroatoms. The quantitative estimate of drug-likeness (QED) is 0.249. The van der Waals surface area contributed by atoms with Crippen molar-refractivity contribution in [2.75, 3.05) is 33.8 Å². The van der Waals surface area contributed by atoms with Crippen LogP contribution in [0, 0.1) is 5.92 Å². The van der Waals surface area contributed by atoms with Crippen molar-refractivity contribution in [1.82, 2.24) is 9.96 Å². The van der Waals surface area contributed by atoms with Gasteiger partial charge in [0.15, 0.2) is 5.78 Å². The van der Waals surface area contributed by atoms with Gasteiger partial charge in [-0.1, -0.05) is 66.7 Å². The monoisotopic (exact) mass is 558 g/mol. The average molecular weight is 559 g/mol. The number of ketones is 1. The van der Waals surface area contributed by atoms with E-state index in [0.717, 1.165) is 31.5 Å². The lowest BCUT2D eigenvalue weighted by Gasteiger charge is -2.37. The number of hydrogen-bond acceptors (Lipinski definition) is 6. The van der Waals surface area contributed by atoms with E-state index >= 15 is 0 Å². The van der Waals surface area contributed by atoms with E-state index in [0.29, 0.717) is 24.4 Å². The first-order chi connectivity index (χ1) is 19.6. The molecule has 1 heterocycles. The zero-order valence-corrected chi connectivity index (χ0v) is 24.5. The Bertz CT molecular complexity index is 1280. The fraction of sp³-hybridized carbons (Fsp3) is 0.412. The third-order valence-corrected chi connectivity index (χ3v) is 8.52. The number of amides is 1. The largest absolute Gasteiger partial charge is 0.508 e. The van der Waals surface area contributed by atoms with E-state index in [1.165, 1.54) is 23.3 Å². The molecule has 7 nitrogen and oxygen atoms in total. The van der Waals surface area contributed by atoms with Crippen molar-refractivity contribution in [2.24, 2.45) is 5.92 Å². The molecule has 41 heavy (non-hydrogen) atoms. The van der Waals surface area contributed by atoms with E-state index in [-0.39, 0.29) is 23.4 Å². The topological polar surface area (TPSA) is 90.3 Å². The van der Waals surface area contributed by atoms with Crippen LogP contribution in [-0.4, -0.2) is 71.8 Å². The van der Waals surface area contributed by atoms with Gasteiger partial charge in [-0.25, -0.2) is 5.06 Å². The summed E-state index contributed by atoms with van der Waals surface area (Å²) in [5.74, 6) is 0.489. The van der Waals surface area contributed by atoms with Gasteiger partial charge < -0.3 is 15.1 Å². The normalized spacial score (nSPS) is 16.2. The van der Waals surface area contributed by atoms with Crippen LogP contribution in [0.2, 0.25) is 0 Å².